The van der Waals surface area contributed by atoms with Crippen LogP contribution in [-0.4, -0.2) is 11.2 Å². The van der Waals surface area contributed by atoms with Crippen LogP contribution in [-0.2, 0) is 4.79 Å². The fourth-order valence-corrected chi connectivity index (χ4v) is 1.86. The van der Waals surface area contributed by atoms with Crippen LogP contribution in [0.5, 0.6) is 0 Å². The lowest BCUT2D eigenvalue weighted by Gasteiger charge is -1.93. The van der Waals surface area contributed by atoms with E-state index < -0.39 is 4.92 Å². The first-order valence-electron chi connectivity index (χ1n) is 8.94. The van der Waals surface area contributed by atoms with E-state index in [4.69, 9.17) is 0 Å². The smallest absolute Gasteiger partial charge is 0.243 e. The summed E-state index contributed by atoms with van der Waals surface area (Å²) in [5, 5.41) is 10.8. The van der Waals surface area contributed by atoms with Gasteiger partial charge in [-0.05, 0) is 31.8 Å². The van der Waals surface area contributed by atoms with Crippen molar-refractivity contribution in [2.45, 2.75) is 45.4 Å². The first-order chi connectivity index (χ1) is 12.7. The van der Waals surface area contributed by atoms with Crippen LogP contribution in [0.25, 0.3) is 0 Å². The molecule has 0 fully saturated rings. The molecule has 0 amide bonds. The fourth-order valence-electron chi connectivity index (χ4n) is 1.86. The van der Waals surface area contributed by atoms with Crippen molar-refractivity contribution in [3.63, 3.8) is 0 Å². The van der Waals surface area contributed by atoms with Crippen molar-refractivity contribution in [3.05, 3.63) is 94.8 Å². The van der Waals surface area contributed by atoms with Gasteiger partial charge in [-0.2, -0.15) is 0 Å². The highest BCUT2D eigenvalue weighted by atomic mass is 16.6. The minimum absolute atomic E-state index is 0.0891. The SMILES string of the molecule is CC/C=C/C/C=C/C/C=C/C=C/C=C/C=C/C/C=C(/CCC=O)[N+](=O)[O-]. The monoisotopic (exact) mass is 355 g/mol. The lowest BCUT2D eigenvalue weighted by atomic mass is 10.2. The Labute approximate surface area is 156 Å². The highest BCUT2D eigenvalue weighted by Crippen LogP contribution is 2.06. The Balaban J connectivity index is 3.99. The van der Waals surface area contributed by atoms with Gasteiger partial charge in [-0.1, -0.05) is 79.8 Å². The maximum Gasteiger partial charge on any atom is 0.243 e. The summed E-state index contributed by atoms with van der Waals surface area (Å²) in [6.07, 6.45) is 30.1. The first kappa shape index (κ1) is 23.2. The molecule has 0 N–H and O–H groups in total. The molecule has 0 aromatic rings. The molecule has 0 radical (unpaired) electrons. The molecule has 0 heterocycles. The highest BCUT2D eigenvalue weighted by Gasteiger charge is 2.07. The third-order valence-electron chi connectivity index (χ3n) is 3.18. The molecule has 0 bridgehead atoms. The maximum atomic E-state index is 10.8. The van der Waals surface area contributed by atoms with Crippen LogP contribution in [0, 0.1) is 10.1 Å². The summed E-state index contributed by atoms with van der Waals surface area (Å²) in [7, 11) is 0. The molecular weight excluding hydrogens is 326 g/mol. The van der Waals surface area contributed by atoms with E-state index in [0.29, 0.717) is 12.7 Å². The Hall–Kier alpha value is -2.75. The lowest BCUT2D eigenvalue weighted by molar-refractivity contribution is -0.428. The number of carbonyl (C=O) groups is 1. The van der Waals surface area contributed by atoms with Gasteiger partial charge in [0.25, 0.3) is 0 Å². The Morgan fingerprint density at radius 1 is 0.808 bits per heavy atom. The van der Waals surface area contributed by atoms with Crippen LogP contribution in [0.2, 0.25) is 0 Å². The summed E-state index contributed by atoms with van der Waals surface area (Å²) >= 11 is 0. The van der Waals surface area contributed by atoms with Gasteiger partial charge in [-0.3, -0.25) is 10.1 Å². The van der Waals surface area contributed by atoms with Crippen LogP contribution in [0.4, 0.5) is 0 Å². The molecule has 0 rings (SSSR count). The summed E-state index contributed by atoms with van der Waals surface area (Å²) in [5.41, 5.74) is 0.0891. The molecule has 0 aromatic carbocycles. The average molecular weight is 355 g/mol. The highest BCUT2D eigenvalue weighted by molar-refractivity contribution is 5.49. The molecule has 4 heteroatoms. The molecule has 0 saturated heterocycles. The molecule has 0 aliphatic carbocycles. The number of hydrogen-bond donors (Lipinski definition) is 0. The minimum Gasteiger partial charge on any atom is -0.303 e. The van der Waals surface area contributed by atoms with Crippen molar-refractivity contribution < 1.29 is 9.72 Å². The summed E-state index contributed by atoms with van der Waals surface area (Å²) in [6.45, 7) is 2.13. The second-order valence-electron chi connectivity index (χ2n) is 5.34. The predicted molar refractivity (Wildman–Crippen MR) is 109 cm³/mol. The summed E-state index contributed by atoms with van der Waals surface area (Å²) in [6, 6.07) is 0. The molecule has 0 unspecified atom stereocenters. The molecule has 0 saturated carbocycles. The van der Waals surface area contributed by atoms with Crippen LogP contribution in [0.3, 0.4) is 0 Å². The molecule has 0 spiro atoms. The predicted octanol–water partition coefficient (Wildman–Crippen LogP) is 6.04. The molecule has 0 aliphatic rings. The van der Waals surface area contributed by atoms with E-state index >= 15 is 0 Å². The Kier molecular flexibility index (Phi) is 16.6. The van der Waals surface area contributed by atoms with E-state index in [-0.39, 0.29) is 18.5 Å². The topological polar surface area (TPSA) is 60.2 Å². The van der Waals surface area contributed by atoms with Crippen LogP contribution in [0.1, 0.15) is 45.4 Å². The third-order valence-corrected chi connectivity index (χ3v) is 3.18. The second-order valence-corrected chi connectivity index (χ2v) is 5.34. The van der Waals surface area contributed by atoms with E-state index in [2.05, 4.69) is 37.3 Å². The Morgan fingerprint density at radius 2 is 1.35 bits per heavy atom. The molecule has 0 aliphatic heterocycles. The van der Waals surface area contributed by atoms with Crippen molar-refractivity contribution >= 4 is 6.29 Å². The van der Waals surface area contributed by atoms with Crippen molar-refractivity contribution in [2.75, 3.05) is 0 Å². The Morgan fingerprint density at radius 3 is 1.92 bits per heavy atom. The zero-order chi connectivity index (χ0) is 19.3. The number of rotatable bonds is 14. The number of nitro groups is 1. The van der Waals surface area contributed by atoms with E-state index in [1.807, 2.05) is 42.5 Å². The molecule has 4 nitrogen and oxygen atoms in total. The van der Waals surface area contributed by atoms with Crippen molar-refractivity contribution in [3.8, 4) is 0 Å². The number of nitrogens with zero attached hydrogens (tertiary/aromatic N) is 1. The fraction of sp³-hybridized carbons (Fsp3) is 0.318. The van der Waals surface area contributed by atoms with Gasteiger partial charge in [-0.25, -0.2) is 0 Å². The van der Waals surface area contributed by atoms with Gasteiger partial charge in [0, 0.05) is 12.8 Å². The van der Waals surface area contributed by atoms with E-state index in [1.54, 1.807) is 0 Å². The number of carbonyl (C=O) groups excluding carboxylic acids is 1. The summed E-state index contributed by atoms with van der Waals surface area (Å²) in [4.78, 5) is 20.6. The largest absolute Gasteiger partial charge is 0.303 e. The van der Waals surface area contributed by atoms with Gasteiger partial charge in [0.05, 0.1) is 4.92 Å². The minimum atomic E-state index is -0.431. The van der Waals surface area contributed by atoms with E-state index in [1.165, 1.54) is 6.08 Å². The van der Waals surface area contributed by atoms with Gasteiger partial charge >= 0.3 is 0 Å². The van der Waals surface area contributed by atoms with Crippen LogP contribution < -0.4 is 0 Å². The van der Waals surface area contributed by atoms with Gasteiger partial charge < -0.3 is 4.79 Å². The van der Waals surface area contributed by atoms with Gasteiger partial charge in [-0.15, -0.1) is 0 Å². The molecular formula is C22H29NO3. The van der Waals surface area contributed by atoms with E-state index in [9.17, 15) is 14.9 Å². The van der Waals surface area contributed by atoms with Crippen molar-refractivity contribution in [1.29, 1.82) is 0 Å². The van der Waals surface area contributed by atoms with Gasteiger partial charge in [0.2, 0.25) is 5.70 Å². The normalized spacial score (nSPS) is 13.5. The standard InChI is InChI=1S/C22H29NO3/c1-2-3-4-5-6-7-8-9-10-11-12-13-14-15-16-17-19-22(23(25)26)20-18-21-24/h3-4,6-7,9-16,19,21H,2,5,8,17-18,20H2,1H3/b4-3+,7-6+,10-9+,12-11+,14-13+,16-15+,22-19-. The summed E-state index contributed by atoms with van der Waals surface area (Å²) in [5.74, 6) is 0. The average Bonchev–Trinajstić information content (AvgIpc) is 2.63. The van der Waals surface area contributed by atoms with Gasteiger partial charge in [0.15, 0.2) is 0 Å². The number of hydrogen-bond acceptors (Lipinski definition) is 3. The first-order valence-corrected chi connectivity index (χ1v) is 8.94. The van der Waals surface area contributed by atoms with Crippen molar-refractivity contribution in [2.24, 2.45) is 0 Å². The van der Waals surface area contributed by atoms with Crippen LogP contribution >= 0.6 is 0 Å². The zero-order valence-electron chi connectivity index (χ0n) is 15.5. The molecule has 26 heavy (non-hydrogen) atoms. The zero-order valence-corrected chi connectivity index (χ0v) is 15.5. The van der Waals surface area contributed by atoms with Gasteiger partial charge in [0.1, 0.15) is 6.29 Å². The molecule has 0 aromatic heterocycles. The third kappa shape index (κ3) is 16.1. The van der Waals surface area contributed by atoms with Crippen molar-refractivity contribution in [1.82, 2.24) is 0 Å². The number of allylic oxidation sites excluding steroid dienone is 14. The summed E-state index contributed by atoms with van der Waals surface area (Å²) < 4.78 is 0. The quantitative estimate of drug-likeness (QED) is 0.125. The number of aldehydes is 1. The lowest BCUT2D eigenvalue weighted by Crippen LogP contribution is -1.98. The van der Waals surface area contributed by atoms with E-state index in [0.717, 1.165) is 19.3 Å². The van der Waals surface area contributed by atoms with Crippen LogP contribution in [0.15, 0.2) is 84.7 Å². The molecule has 140 valence electrons. The molecule has 0 atom stereocenters. The second kappa shape index (κ2) is 18.6. The maximum absolute atomic E-state index is 10.8. The Bertz CT molecular complexity index is 591.